The summed E-state index contributed by atoms with van der Waals surface area (Å²) in [5.41, 5.74) is 10.0. The first kappa shape index (κ1) is 14.6. The van der Waals surface area contributed by atoms with E-state index in [1.807, 2.05) is 11.8 Å². The van der Waals surface area contributed by atoms with Crippen LogP contribution < -0.4 is 0 Å². The van der Waals surface area contributed by atoms with Crippen LogP contribution in [0.2, 0.25) is 0 Å². The van der Waals surface area contributed by atoms with Crippen molar-refractivity contribution in [2.75, 3.05) is 5.75 Å². The summed E-state index contributed by atoms with van der Waals surface area (Å²) >= 11 is 1.99. The lowest BCUT2D eigenvalue weighted by Crippen LogP contribution is -1.92. The lowest BCUT2D eigenvalue weighted by molar-refractivity contribution is 1.26. The average molecular weight is 316 g/mol. The van der Waals surface area contributed by atoms with Crippen molar-refractivity contribution in [1.29, 1.82) is 0 Å². The smallest absolute Gasteiger partial charge is 0.0190 e. The van der Waals surface area contributed by atoms with Crippen LogP contribution in [0.1, 0.15) is 23.6 Å². The van der Waals surface area contributed by atoms with Gasteiger partial charge in [0.25, 0.3) is 0 Å². The SMILES string of the molecule is CCSCc1ccccc1-c1cccc2c1Cc1ccccc1-2. The minimum Gasteiger partial charge on any atom is -0.157 e. The number of rotatable bonds is 4. The van der Waals surface area contributed by atoms with Crippen molar-refractivity contribution >= 4 is 11.8 Å². The molecule has 0 saturated heterocycles. The van der Waals surface area contributed by atoms with Gasteiger partial charge in [-0.25, -0.2) is 0 Å². The molecule has 0 fully saturated rings. The summed E-state index contributed by atoms with van der Waals surface area (Å²) in [7, 11) is 0. The average Bonchev–Trinajstić information content (AvgIpc) is 2.99. The van der Waals surface area contributed by atoms with Gasteiger partial charge < -0.3 is 0 Å². The van der Waals surface area contributed by atoms with E-state index in [1.165, 1.54) is 38.9 Å². The molecule has 0 heterocycles. The van der Waals surface area contributed by atoms with Gasteiger partial charge in [-0.2, -0.15) is 11.8 Å². The third-order valence-corrected chi connectivity index (χ3v) is 5.54. The van der Waals surface area contributed by atoms with Gasteiger partial charge in [0.2, 0.25) is 0 Å². The van der Waals surface area contributed by atoms with Crippen LogP contribution in [0.5, 0.6) is 0 Å². The number of hydrogen-bond acceptors (Lipinski definition) is 1. The van der Waals surface area contributed by atoms with Gasteiger partial charge in [-0.3, -0.25) is 0 Å². The Morgan fingerprint density at radius 3 is 2.22 bits per heavy atom. The van der Waals surface area contributed by atoms with E-state index >= 15 is 0 Å². The number of hydrogen-bond donors (Lipinski definition) is 0. The third-order valence-electron chi connectivity index (χ3n) is 4.62. The second-order valence-electron chi connectivity index (χ2n) is 5.96. The summed E-state index contributed by atoms with van der Waals surface area (Å²) in [6, 6.07) is 24.5. The number of benzene rings is 3. The van der Waals surface area contributed by atoms with E-state index in [9.17, 15) is 0 Å². The highest BCUT2D eigenvalue weighted by molar-refractivity contribution is 7.98. The van der Waals surface area contributed by atoms with Crippen LogP contribution in [0, 0.1) is 0 Å². The zero-order valence-electron chi connectivity index (χ0n) is 13.4. The van der Waals surface area contributed by atoms with Crippen molar-refractivity contribution in [3.63, 3.8) is 0 Å². The zero-order chi connectivity index (χ0) is 15.6. The fourth-order valence-electron chi connectivity index (χ4n) is 3.53. The monoisotopic (exact) mass is 316 g/mol. The Hall–Kier alpha value is -1.99. The molecule has 0 saturated carbocycles. The molecule has 4 rings (SSSR count). The van der Waals surface area contributed by atoms with E-state index in [-0.39, 0.29) is 0 Å². The van der Waals surface area contributed by atoms with Crippen molar-refractivity contribution in [2.24, 2.45) is 0 Å². The van der Waals surface area contributed by atoms with Crippen LogP contribution in [0.15, 0.2) is 66.7 Å². The molecule has 0 aromatic heterocycles. The molecule has 0 spiro atoms. The van der Waals surface area contributed by atoms with Gasteiger partial charge in [0.1, 0.15) is 0 Å². The minimum atomic E-state index is 1.05. The first-order valence-electron chi connectivity index (χ1n) is 8.24. The molecular formula is C22H20S. The van der Waals surface area contributed by atoms with Crippen molar-refractivity contribution in [3.05, 3.63) is 83.4 Å². The molecule has 114 valence electrons. The summed E-state index contributed by atoms with van der Waals surface area (Å²) in [4.78, 5) is 0. The van der Waals surface area contributed by atoms with E-state index in [1.54, 1.807) is 0 Å². The predicted molar refractivity (Wildman–Crippen MR) is 102 cm³/mol. The lowest BCUT2D eigenvalue weighted by Gasteiger charge is -2.13. The maximum atomic E-state index is 2.29. The Morgan fingerprint density at radius 1 is 0.739 bits per heavy atom. The van der Waals surface area contributed by atoms with Crippen LogP contribution in [-0.4, -0.2) is 5.75 Å². The van der Waals surface area contributed by atoms with Gasteiger partial charge in [0.15, 0.2) is 0 Å². The summed E-state index contributed by atoms with van der Waals surface area (Å²) in [5, 5.41) is 0. The van der Waals surface area contributed by atoms with Gasteiger partial charge in [-0.15, -0.1) is 0 Å². The molecule has 1 aliphatic carbocycles. The Balaban J connectivity index is 1.84. The van der Waals surface area contributed by atoms with Gasteiger partial charge in [0, 0.05) is 5.75 Å². The Kier molecular flexibility index (Phi) is 3.97. The molecular weight excluding hydrogens is 296 g/mol. The van der Waals surface area contributed by atoms with Crippen LogP contribution in [-0.2, 0) is 12.2 Å². The molecule has 0 atom stereocenters. The normalized spacial score (nSPS) is 12.0. The van der Waals surface area contributed by atoms with Crippen LogP contribution in [0.3, 0.4) is 0 Å². The number of fused-ring (bicyclic) bond motifs is 3. The molecule has 0 unspecified atom stereocenters. The van der Waals surface area contributed by atoms with E-state index in [0.717, 1.165) is 17.9 Å². The van der Waals surface area contributed by atoms with Gasteiger partial charge >= 0.3 is 0 Å². The van der Waals surface area contributed by atoms with Crippen molar-refractivity contribution < 1.29 is 0 Å². The van der Waals surface area contributed by atoms with E-state index in [0.29, 0.717) is 0 Å². The quantitative estimate of drug-likeness (QED) is 0.433. The molecule has 3 aromatic rings. The van der Waals surface area contributed by atoms with Crippen molar-refractivity contribution in [3.8, 4) is 22.3 Å². The molecule has 1 aliphatic rings. The first-order chi connectivity index (χ1) is 11.4. The van der Waals surface area contributed by atoms with Crippen LogP contribution >= 0.6 is 11.8 Å². The summed E-state index contributed by atoms with van der Waals surface area (Å²) < 4.78 is 0. The molecule has 3 aromatic carbocycles. The van der Waals surface area contributed by atoms with Crippen molar-refractivity contribution in [2.45, 2.75) is 19.1 Å². The third kappa shape index (κ3) is 2.60. The molecule has 0 bridgehead atoms. The largest absolute Gasteiger partial charge is 0.157 e. The fraction of sp³-hybridized carbons (Fsp3) is 0.182. The fourth-order valence-corrected chi connectivity index (χ4v) is 4.21. The van der Waals surface area contributed by atoms with Gasteiger partial charge in [-0.1, -0.05) is 73.7 Å². The second-order valence-corrected chi connectivity index (χ2v) is 7.23. The zero-order valence-corrected chi connectivity index (χ0v) is 14.2. The Bertz CT molecular complexity index is 848. The molecule has 23 heavy (non-hydrogen) atoms. The lowest BCUT2D eigenvalue weighted by atomic mass is 9.93. The van der Waals surface area contributed by atoms with Crippen LogP contribution in [0.4, 0.5) is 0 Å². The molecule has 0 N–H and O–H groups in total. The molecule has 0 aliphatic heterocycles. The van der Waals surface area contributed by atoms with Gasteiger partial charge in [-0.05, 0) is 51.1 Å². The maximum Gasteiger partial charge on any atom is 0.0190 e. The van der Waals surface area contributed by atoms with Crippen molar-refractivity contribution in [1.82, 2.24) is 0 Å². The molecule has 1 heteroatoms. The Morgan fingerprint density at radius 2 is 1.39 bits per heavy atom. The van der Waals surface area contributed by atoms with Crippen LogP contribution in [0.25, 0.3) is 22.3 Å². The summed E-state index contributed by atoms with van der Waals surface area (Å²) in [5.74, 6) is 2.25. The topological polar surface area (TPSA) is 0 Å². The standard InChI is InChI=1S/C22H20S/c1-2-23-15-17-9-4-6-11-19(17)21-13-7-12-20-18-10-5-3-8-16(18)14-22(20)21/h3-13H,2,14-15H2,1H3. The van der Waals surface area contributed by atoms with Gasteiger partial charge in [0.05, 0.1) is 0 Å². The molecule has 0 amide bonds. The minimum absolute atomic E-state index is 1.05. The predicted octanol–water partition coefficient (Wildman–Crippen LogP) is 6.18. The van der Waals surface area contributed by atoms with E-state index in [4.69, 9.17) is 0 Å². The summed E-state index contributed by atoms with van der Waals surface area (Å²) in [6.45, 7) is 2.23. The first-order valence-corrected chi connectivity index (χ1v) is 9.40. The highest BCUT2D eigenvalue weighted by Gasteiger charge is 2.21. The Labute approximate surface area is 142 Å². The second kappa shape index (κ2) is 6.25. The highest BCUT2D eigenvalue weighted by Crippen LogP contribution is 2.42. The maximum absolute atomic E-state index is 2.29. The highest BCUT2D eigenvalue weighted by atomic mass is 32.2. The van der Waals surface area contributed by atoms with E-state index in [2.05, 4.69) is 73.7 Å². The molecule has 0 radical (unpaired) electrons. The summed E-state index contributed by atoms with van der Waals surface area (Å²) in [6.07, 6.45) is 1.05. The molecule has 0 nitrogen and oxygen atoms in total. The number of thioether (sulfide) groups is 1. The van der Waals surface area contributed by atoms with E-state index < -0.39 is 0 Å².